The number of hydrogen-bond acceptors (Lipinski definition) is 3. The van der Waals surface area contributed by atoms with Crippen molar-refractivity contribution in [1.82, 2.24) is 5.32 Å². The number of carbonyl (C=O) groups excluding carboxylic acids is 2. The SMILES string of the molecule is C[C@H](NC(=O)CCC(=O)c1ccc2c(c1)CCC2)c1cccs1. The Morgan fingerprint density at radius 2 is 2.00 bits per heavy atom. The first-order valence-electron chi connectivity index (χ1n) is 8.11. The van der Waals surface area contributed by atoms with Gasteiger partial charge < -0.3 is 5.32 Å². The van der Waals surface area contributed by atoms with Gasteiger partial charge in [0.1, 0.15) is 0 Å². The minimum Gasteiger partial charge on any atom is -0.349 e. The van der Waals surface area contributed by atoms with E-state index in [-0.39, 0.29) is 30.6 Å². The van der Waals surface area contributed by atoms with Crippen molar-refractivity contribution in [1.29, 1.82) is 0 Å². The lowest BCUT2D eigenvalue weighted by molar-refractivity contribution is -0.121. The van der Waals surface area contributed by atoms with Gasteiger partial charge in [-0.25, -0.2) is 0 Å². The molecule has 0 saturated carbocycles. The molecule has 0 radical (unpaired) electrons. The molecule has 1 aromatic heterocycles. The van der Waals surface area contributed by atoms with Crippen LogP contribution in [0, 0.1) is 0 Å². The van der Waals surface area contributed by atoms with Crippen molar-refractivity contribution in [2.45, 2.75) is 45.1 Å². The molecular weight excluding hydrogens is 306 g/mol. The summed E-state index contributed by atoms with van der Waals surface area (Å²) in [6, 6.07) is 9.95. The standard InChI is InChI=1S/C19H21NO2S/c1-13(18-6-3-11-23-18)20-19(22)10-9-17(21)16-8-7-14-4-2-5-15(14)12-16/h3,6-8,11-13H,2,4-5,9-10H2,1H3,(H,20,22)/t13-/m0/s1. The van der Waals surface area contributed by atoms with Gasteiger partial charge in [-0.05, 0) is 54.8 Å². The molecule has 1 heterocycles. The molecule has 1 aliphatic rings. The summed E-state index contributed by atoms with van der Waals surface area (Å²) in [5, 5.41) is 4.95. The number of nitrogens with one attached hydrogen (secondary N) is 1. The topological polar surface area (TPSA) is 46.2 Å². The van der Waals surface area contributed by atoms with Gasteiger partial charge in [0.05, 0.1) is 6.04 Å². The third-order valence-electron chi connectivity index (χ3n) is 4.35. The molecule has 2 aromatic rings. The Morgan fingerprint density at radius 3 is 2.78 bits per heavy atom. The van der Waals surface area contributed by atoms with Gasteiger partial charge in [-0.3, -0.25) is 9.59 Å². The van der Waals surface area contributed by atoms with E-state index in [9.17, 15) is 9.59 Å². The molecule has 3 nitrogen and oxygen atoms in total. The molecule has 1 aromatic carbocycles. The maximum absolute atomic E-state index is 12.3. The van der Waals surface area contributed by atoms with Crippen LogP contribution >= 0.6 is 11.3 Å². The maximum Gasteiger partial charge on any atom is 0.220 e. The number of ketones is 1. The molecule has 23 heavy (non-hydrogen) atoms. The van der Waals surface area contributed by atoms with Crippen LogP contribution in [-0.2, 0) is 17.6 Å². The Kier molecular flexibility index (Phi) is 4.91. The average Bonchev–Trinajstić information content (AvgIpc) is 3.22. The van der Waals surface area contributed by atoms with Gasteiger partial charge in [0.15, 0.2) is 5.78 Å². The highest BCUT2D eigenvalue weighted by Gasteiger charge is 2.16. The molecule has 1 aliphatic carbocycles. The fourth-order valence-electron chi connectivity index (χ4n) is 3.04. The van der Waals surface area contributed by atoms with Gasteiger partial charge >= 0.3 is 0 Å². The number of carbonyl (C=O) groups is 2. The fraction of sp³-hybridized carbons (Fsp3) is 0.368. The predicted molar refractivity (Wildman–Crippen MR) is 92.9 cm³/mol. The van der Waals surface area contributed by atoms with Crippen LogP contribution in [0.5, 0.6) is 0 Å². The Hall–Kier alpha value is -1.94. The Bertz CT molecular complexity index is 706. The lowest BCUT2D eigenvalue weighted by Crippen LogP contribution is -2.26. The first kappa shape index (κ1) is 15.9. The normalized spacial score (nSPS) is 14.3. The van der Waals surface area contributed by atoms with Gasteiger partial charge in [0.25, 0.3) is 0 Å². The molecule has 1 amide bonds. The molecule has 0 unspecified atom stereocenters. The largest absolute Gasteiger partial charge is 0.349 e. The molecule has 3 rings (SSSR count). The Labute approximate surface area is 140 Å². The van der Waals surface area contributed by atoms with E-state index in [0.29, 0.717) is 0 Å². The second-order valence-corrected chi connectivity index (χ2v) is 7.04. The number of hydrogen-bond donors (Lipinski definition) is 1. The smallest absolute Gasteiger partial charge is 0.220 e. The second kappa shape index (κ2) is 7.09. The molecule has 1 atom stereocenters. The zero-order chi connectivity index (χ0) is 16.2. The van der Waals surface area contributed by atoms with Crippen molar-refractivity contribution in [2.24, 2.45) is 0 Å². The van der Waals surface area contributed by atoms with Crippen LogP contribution in [-0.4, -0.2) is 11.7 Å². The zero-order valence-corrected chi connectivity index (χ0v) is 14.1. The highest BCUT2D eigenvalue weighted by atomic mass is 32.1. The highest BCUT2D eigenvalue weighted by molar-refractivity contribution is 7.10. The van der Waals surface area contributed by atoms with Crippen molar-refractivity contribution < 1.29 is 9.59 Å². The minimum absolute atomic E-state index is 0.00223. The van der Waals surface area contributed by atoms with Gasteiger partial charge in [-0.1, -0.05) is 18.2 Å². The number of rotatable bonds is 6. The molecule has 0 spiro atoms. The third kappa shape index (κ3) is 3.88. The lowest BCUT2D eigenvalue weighted by Gasteiger charge is -2.12. The summed E-state index contributed by atoms with van der Waals surface area (Å²) < 4.78 is 0. The van der Waals surface area contributed by atoms with Gasteiger partial charge in [-0.2, -0.15) is 0 Å². The molecule has 1 N–H and O–H groups in total. The molecule has 4 heteroatoms. The summed E-state index contributed by atoms with van der Waals surface area (Å²) in [5.41, 5.74) is 3.40. The number of fused-ring (bicyclic) bond motifs is 1. The van der Waals surface area contributed by atoms with Crippen molar-refractivity contribution in [3.05, 3.63) is 57.3 Å². The molecular formula is C19H21NO2S. The van der Waals surface area contributed by atoms with E-state index in [1.807, 2.05) is 36.6 Å². The minimum atomic E-state index is -0.0691. The number of thiophene rings is 1. The van der Waals surface area contributed by atoms with E-state index in [4.69, 9.17) is 0 Å². The highest BCUT2D eigenvalue weighted by Crippen LogP contribution is 2.23. The summed E-state index contributed by atoms with van der Waals surface area (Å²) in [6.45, 7) is 1.96. The first-order chi connectivity index (χ1) is 11.1. The monoisotopic (exact) mass is 327 g/mol. The average molecular weight is 327 g/mol. The van der Waals surface area contributed by atoms with Crippen molar-refractivity contribution in [3.8, 4) is 0 Å². The lowest BCUT2D eigenvalue weighted by atomic mass is 10.0. The summed E-state index contributed by atoms with van der Waals surface area (Å²) in [5.74, 6) is -0.0148. The van der Waals surface area contributed by atoms with Gasteiger partial charge in [0.2, 0.25) is 5.91 Å². The number of aryl methyl sites for hydroxylation is 2. The molecule has 0 fully saturated rings. The van der Waals surface area contributed by atoms with Crippen LogP contribution in [0.25, 0.3) is 0 Å². The van der Waals surface area contributed by atoms with Gasteiger partial charge in [0, 0.05) is 23.3 Å². The summed E-state index contributed by atoms with van der Waals surface area (Å²) in [4.78, 5) is 25.4. The van der Waals surface area contributed by atoms with Crippen LogP contribution in [0.15, 0.2) is 35.7 Å². The molecule has 120 valence electrons. The first-order valence-corrected chi connectivity index (χ1v) is 8.99. The van der Waals surface area contributed by atoms with E-state index in [1.165, 1.54) is 17.5 Å². The molecule has 0 bridgehead atoms. The van der Waals surface area contributed by atoms with Crippen LogP contribution < -0.4 is 5.32 Å². The summed E-state index contributed by atoms with van der Waals surface area (Å²) in [6.07, 6.45) is 3.87. The molecule has 0 saturated heterocycles. The second-order valence-electron chi connectivity index (χ2n) is 6.06. The van der Waals surface area contributed by atoms with E-state index < -0.39 is 0 Å². The van der Waals surface area contributed by atoms with E-state index >= 15 is 0 Å². The zero-order valence-electron chi connectivity index (χ0n) is 13.3. The van der Waals surface area contributed by atoms with Crippen LogP contribution in [0.4, 0.5) is 0 Å². The Morgan fingerprint density at radius 1 is 1.17 bits per heavy atom. The van der Waals surface area contributed by atoms with Gasteiger partial charge in [-0.15, -0.1) is 11.3 Å². The van der Waals surface area contributed by atoms with Crippen LogP contribution in [0.3, 0.4) is 0 Å². The maximum atomic E-state index is 12.3. The van der Waals surface area contributed by atoms with E-state index in [2.05, 4.69) is 11.4 Å². The predicted octanol–water partition coefficient (Wildman–Crippen LogP) is 4.08. The fourth-order valence-corrected chi connectivity index (χ4v) is 3.77. The van der Waals surface area contributed by atoms with E-state index in [0.717, 1.165) is 23.3 Å². The van der Waals surface area contributed by atoms with Crippen LogP contribution in [0.1, 0.15) is 58.6 Å². The Balaban J connectivity index is 1.51. The van der Waals surface area contributed by atoms with Crippen LogP contribution in [0.2, 0.25) is 0 Å². The summed E-state index contributed by atoms with van der Waals surface area (Å²) in [7, 11) is 0. The van der Waals surface area contributed by atoms with Crippen molar-refractivity contribution in [2.75, 3.05) is 0 Å². The quantitative estimate of drug-likeness (QED) is 0.813. The third-order valence-corrected chi connectivity index (χ3v) is 5.40. The molecule has 0 aliphatic heterocycles. The van der Waals surface area contributed by atoms with E-state index in [1.54, 1.807) is 11.3 Å². The number of Topliss-reactive ketones (excluding diaryl/α,β-unsaturated/α-hetero) is 1. The number of amides is 1. The summed E-state index contributed by atoms with van der Waals surface area (Å²) >= 11 is 1.62. The van der Waals surface area contributed by atoms with Crippen molar-refractivity contribution >= 4 is 23.0 Å². The van der Waals surface area contributed by atoms with Crippen molar-refractivity contribution in [3.63, 3.8) is 0 Å². The number of benzene rings is 1.